The van der Waals surface area contributed by atoms with Crippen LogP contribution in [0.2, 0.25) is 0 Å². The molecule has 13 nitrogen and oxygen atoms in total. The fourth-order valence-electron chi connectivity index (χ4n) is 4.29. The second-order valence-corrected chi connectivity index (χ2v) is 9.79. The average molecular weight is 541 g/mol. The maximum Gasteiger partial charge on any atom is 0.306 e. The Bertz CT molecular complexity index is 646. The number of carbonyl (C=O) groups is 1. The van der Waals surface area contributed by atoms with Crippen molar-refractivity contribution in [1.82, 2.24) is 0 Å². The average Bonchev–Trinajstić information content (AvgIpc) is 2.86. The lowest BCUT2D eigenvalue weighted by molar-refractivity contribution is -0.359. The number of ether oxygens (including phenoxy) is 5. The van der Waals surface area contributed by atoms with E-state index in [-0.39, 0.29) is 18.7 Å². The summed E-state index contributed by atoms with van der Waals surface area (Å²) in [6.45, 7) is 2.60. The first-order valence-electron chi connectivity index (χ1n) is 13.0. The molecule has 2 saturated heterocycles. The van der Waals surface area contributed by atoms with Gasteiger partial charge in [-0.1, -0.05) is 25.7 Å². The number of carbonyl (C=O) groups excluding carboxylic acids is 1. The smallest absolute Gasteiger partial charge is 0.306 e. The first-order chi connectivity index (χ1) is 17.6. The molecule has 37 heavy (non-hydrogen) atoms. The molecule has 2 aliphatic heterocycles. The largest absolute Gasteiger partial charge is 0.463 e. The molecule has 0 aliphatic carbocycles. The van der Waals surface area contributed by atoms with Crippen molar-refractivity contribution in [2.24, 2.45) is 0 Å². The Hall–Kier alpha value is -0.970. The predicted molar refractivity (Wildman–Crippen MR) is 126 cm³/mol. The van der Waals surface area contributed by atoms with Crippen molar-refractivity contribution in [1.29, 1.82) is 0 Å². The van der Waals surface area contributed by atoms with Gasteiger partial charge in [0, 0.05) is 13.0 Å². The Labute approximate surface area is 216 Å². The molecule has 0 aromatic rings. The number of aliphatic hydroxyl groups is 7. The minimum Gasteiger partial charge on any atom is -0.463 e. The van der Waals surface area contributed by atoms with Crippen LogP contribution in [0.4, 0.5) is 0 Å². The SMILES string of the molecule is CC(C)OC(=O)CCCCCCCCOC1OC(CO)C(OC2OC(CO)C(O)C(O)C2O)C(O)C1O. The van der Waals surface area contributed by atoms with Gasteiger partial charge in [0.05, 0.1) is 19.3 Å². The van der Waals surface area contributed by atoms with Crippen LogP contribution in [0, 0.1) is 0 Å². The van der Waals surface area contributed by atoms with Crippen molar-refractivity contribution in [3.63, 3.8) is 0 Å². The van der Waals surface area contributed by atoms with Gasteiger partial charge in [-0.25, -0.2) is 0 Å². The van der Waals surface area contributed by atoms with Crippen LogP contribution in [0.3, 0.4) is 0 Å². The molecule has 7 N–H and O–H groups in total. The van der Waals surface area contributed by atoms with Crippen LogP contribution in [0.1, 0.15) is 58.8 Å². The van der Waals surface area contributed by atoms with Crippen LogP contribution < -0.4 is 0 Å². The van der Waals surface area contributed by atoms with Gasteiger partial charge in [-0.2, -0.15) is 0 Å². The van der Waals surface area contributed by atoms with Crippen LogP contribution in [-0.4, -0.2) is 129 Å². The Morgan fingerprint density at radius 3 is 1.92 bits per heavy atom. The summed E-state index contributed by atoms with van der Waals surface area (Å²) in [5.74, 6) is -0.182. The lowest BCUT2D eigenvalue weighted by Gasteiger charge is -2.45. The van der Waals surface area contributed by atoms with Gasteiger partial charge in [0.15, 0.2) is 12.6 Å². The summed E-state index contributed by atoms with van der Waals surface area (Å²) in [7, 11) is 0. The number of unbranched alkanes of at least 4 members (excludes halogenated alkanes) is 5. The Morgan fingerprint density at radius 1 is 0.730 bits per heavy atom. The number of rotatable bonds is 15. The van der Waals surface area contributed by atoms with Gasteiger partial charge >= 0.3 is 5.97 Å². The van der Waals surface area contributed by atoms with Crippen LogP contribution in [0.25, 0.3) is 0 Å². The fourth-order valence-corrected chi connectivity index (χ4v) is 4.29. The molecular formula is C24H44O13. The predicted octanol–water partition coefficient (Wildman–Crippen LogP) is -1.69. The molecule has 0 radical (unpaired) electrons. The highest BCUT2D eigenvalue weighted by molar-refractivity contribution is 5.69. The van der Waals surface area contributed by atoms with Crippen LogP contribution in [-0.2, 0) is 28.5 Å². The van der Waals surface area contributed by atoms with Gasteiger partial charge in [0.2, 0.25) is 0 Å². The molecule has 0 aromatic carbocycles. The first kappa shape index (κ1) is 32.2. The highest BCUT2D eigenvalue weighted by Gasteiger charge is 2.50. The molecule has 0 bridgehead atoms. The van der Waals surface area contributed by atoms with Crippen molar-refractivity contribution in [3.05, 3.63) is 0 Å². The molecular weight excluding hydrogens is 496 g/mol. The third kappa shape index (κ3) is 9.62. The van der Waals surface area contributed by atoms with Crippen LogP contribution >= 0.6 is 0 Å². The van der Waals surface area contributed by atoms with E-state index in [1.54, 1.807) is 0 Å². The van der Waals surface area contributed by atoms with E-state index in [0.29, 0.717) is 12.8 Å². The molecule has 0 spiro atoms. The summed E-state index contributed by atoms with van der Waals surface area (Å²) in [5.41, 5.74) is 0. The number of hydrogen-bond acceptors (Lipinski definition) is 13. The minimum atomic E-state index is -1.72. The molecule has 10 unspecified atom stereocenters. The quantitative estimate of drug-likeness (QED) is 0.0916. The third-order valence-electron chi connectivity index (χ3n) is 6.38. The number of aliphatic hydroxyl groups excluding tert-OH is 7. The van der Waals surface area contributed by atoms with Crippen molar-refractivity contribution >= 4 is 5.97 Å². The van der Waals surface area contributed by atoms with Crippen molar-refractivity contribution < 1.29 is 64.2 Å². The summed E-state index contributed by atoms with van der Waals surface area (Å²) < 4.78 is 27.0. The topological polar surface area (TPSA) is 205 Å². The maximum atomic E-state index is 11.5. The fraction of sp³-hybridized carbons (Fsp3) is 0.958. The summed E-state index contributed by atoms with van der Waals surface area (Å²) in [6, 6.07) is 0. The van der Waals surface area contributed by atoms with Crippen LogP contribution in [0.5, 0.6) is 0 Å². The van der Waals surface area contributed by atoms with E-state index in [1.807, 2.05) is 13.8 Å². The van der Waals surface area contributed by atoms with E-state index >= 15 is 0 Å². The molecule has 0 amide bonds. The summed E-state index contributed by atoms with van der Waals surface area (Å²) in [5, 5.41) is 70.1. The summed E-state index contributed by atoms with van der Waals surface area (Å²) >= 11 is 0. The van der Waals surface area contributed by atoms with E-state index in [0.717, 1.165) is 32.1 Å². The second-order valence-electron chi connectivity index (χ2n) is 9.79. The van der Waals surface area contributed by atoms with Gasteiger partial charge in [-0.3, -0.25) is 4.79 Å². The van der Waals surface area contributed by atoms with Crippen molar-refractivity contribution in [3.8, 4) is 0 Å². The normalized spacial score (nSPS) is 36.6. The zero-order chi connectivity index (χ0) is 27.5. The lowest BCUT2D eigenvalue weighted by atomic mass is 9.97. The third-order valence-corrected chi connectivity index (χ3v) is 6.38. The molecule has 0 saturated carbocycles. The lowest BCUT2D eigenvalue weighted by Crippen LogP contribution is -2.64. The van der Waals surface area contributed by atoms with E-state index in [2.05, 4.69) is 0 Å². The molecule has 218 valence electrons. The molecule has 2 aliphatic rings. The van der Waals surface area contributed by atoms with E-state index in [4.69, 9.17) is 23.7 Å². The van der Waals surface area contributed by atoms with Gasteiger partial charge in [0.1, 0.15) is 48.8 Å². The molecule has 0 aromatic heterocycles. The molecule has 13 heteroatoms. The van der Waals surface area contributed by atoms with Crippen molar-refractivity contribution in [2.75, 3.05) is 19.8 Å². The number of esters is 1. The van der Waals surface area contributed by atoms with Gasteiger partial charge in [0.25, 0.3) is 0 Å². The Kier molecular flexibility index (Phi) is 14.1. The molecule has 2 rings (SSSR count). The monoisotopic (exact) mass is 540 g/mol. The van der Waals surface area contributed by atoms with Gasteiger partial charge in [-0.15, -0.1) is 0 Å². The minimum absolute atomic E-state index is 0.103. The second kappa shape index (κ2) is 16.2. The highest BCUT2D eigenvalue weighted by Crippen LogP contribution is 2.29. The number of hydrogen-bond donors (Lipinski definition) is 7. The van der Waals surface area contributed by atoms with E-state index in [1.165, 1.54) is 0 Å². The van der Waals surface area contributed by atoms with E-state index < -0.39 is 74.6 Å². The zero-order valence-corrected chi connectivity index (χ0v) is 21.5. The first-order valence-corrected chi connectivity index (χ1v) is 13.0. The van der Waals surface area contributed by atoms with Gasteiger partial charge in [-0.05, 0) is 26.7 Å². The highest BCUT2D eigenvalue weighted by atomic mass is 16.7. The molecule has 2 heterocycles. The van der Waals surface area contributed by atoms with Crippen molar-refractivity contribution in [2.45, 2.75) is 126 Å². The Morgan fingerprint density at radius 2 is 1.30 bits per heavy atom. The summed E-state index contributed by atoms with van der Waals surface area (Å²) in [4.78, 5) is 11.5. The standard InChI is InChI=1S/C24H44O13/c1-13(2)34-16(27)9-7-5-3-4-6-8-10-33-23-21(32)19(30)22(15(12-26)36-23)37-24-20(31)18(29)17(28)14(11-25)35-24/h13-15,17-26,28-32H,3-12H2,1-2H3. The summed E-state index contributed by atoms with van der Waals surface area (Å²) in [6.07, 6.45) is -9.24. The van der Waals surface area contributed by atoms with Gasteiger partial charge < -0.3 is 59.4 Å². The van der Waals surface area contributed by atoms with E-state index in [9.17, 15) is 40.5 Å². The Balaban J connectivity index is 1.72. The maximum absolute atomic E-state index is 11.5. The zero-order valence-electron chi connectivity index (χ0n) is 21.5. The van der Waals surface area contributed by atoms with Crippen LogP contribution in [0.15, 0.2) is 0 Å². The molecule has 10 atom stereocenters. The molecule has 2 fully saturated rings.